The molecule has 1 aromatic rings. The van der Waals surface area contributed by atoms with Crippen molar-refractivity contribution in [2.45, 2.75) is 19.4 Å². The predicted molar refractivity (Wildman–Crippen MR) is 54.1 cm³/mol. The zero-order chi connectivity index (χ0) is 9.80. The highest BCUT2D eigenvalue weighted by atomic mass is 17.2. The van der Waals surface area contributed by atoms with Crippen molar-refractivity contribution in [2.75, 3.05) is 13.2 Å². The van der Waals surface area contributed by atoms with Crippen LogP contribution in [0.2, 0.25) is 0 Å². The van der Waals surface area contributed by atoms with Gasteiger partial charge >= 0.3 is 0 Å². The van der Waals surface area contributed by atoms with Gasteiger partial charge in [-0.15, -0.1) is 0 Å². The van der Waals surface area contributed by atoms with Crippen molar-refractivity contribution in [3.8, 4) is 5.75 Å². The van der Waals surface area contributed by atoms with Gasteiger partial charge in [-0.05, 0) is 19.0 Å². The SMILES string of the molecule is CCCNC1COOc2ccccc21. The van der Waals surface area contributed by atoms with E-state index < -0.39 is 0 Å². The third-order valence-electron chi connectivity index (χ3n) is 2.32. The second-order valence-corrected chi connectivity index (χ2v) is 3.41. The van der Waals surface area contributed by atoms with Crippen LogP contribution < -0.4 is 10.2 Å². The monoisotopic (exact) mass is 193 g/mol. The summed E-state index contributed by atoms with van der Waals surface area (Å²) in [6.07, 6.45) is 1.12. The Morgan fingerprint density at radius 2 is 2.29 bits per heavy atom. The second-order valence-electron chi connectivity index (χ2n) is 3.41. The number of para-hydroxylation sites is 1. The summed E-state index contributed by atoms with van der Waals surface area (Å²) in [6, 6.07) is 8.23. The number of hydrogen-bond donors (Lipinski definition) is 1. The lowest BCUT2D eigenvalue weighted by Gasteiger charge is -2.24. The molecule has 0 radical (unpaired) electrons. The molecule has 2 rings (SSSR count). The average Bonchev–Trinajstić information content (AvgIpc) is 2.26. The smallest absolute Gasteiger partial charge is 0.170 e. The Balaban J connectivity index is 2.14. The van der Waals surface area contributed by atoms with E-state index in [0.717, 1.165) is 18.7 Å². The maximum atomic E-state index is 5.09. The van der Waals surface area contributed by atoms with Crippen LogP contribution >= 0.6 is 0 Å². The molecule has 0 spiro atoms. The summed E-state index contributed by atoms with van der Waals surface area (Å²) < 4.78 is 0. The van der Waals surface area contributed by atoms with Crippen LogP contribution in [-0.4, -0.2) is 13.2 Å². The molecule has 3 heteroatoms. The fourth-order valence-corrected chi connectivity index (χ4v) is 1.59. The zero-order valence-electron chi connectivity index (χ0n) is 8.32. The maximum Gasteiger partial charge on any atom is 0.170 e. The number of nitrogens with one attached hydrogen (secondary N) is 1. The molecule has 1 aliphatic rings. The molecule has 0 amide bonds. The van der Waals surface area contributed by atoms with E-state index in [9.17, 15) is 0 Å². The minimum absolute atomic E-state index is 0.264. The van der Waals surface area contributed by atoms with Gasteiger partial charge in [-0.1, -0.05) is 25.1 Å². The van der Waals surface area contributed by atoms with Crippen LogP contribution in [0.3, 0.4) is 0 Å². The Bertz CT molecular complexity index is 301. The number of rotatable bonds is 3. The van der Waals surface area contributed by atoms with Gasteiger partial charge in [-0.2, -0.15) is 4.89 Å². The summed E-state index contributed by atoms with van der Waals surface area (Å²) in [7, 11) is 0. The fraction of sp³-hybridized carbons (Fsp3) is 0.455. The van der Waals surface area contributed by atoms with Gasteiger partial charge in [0.05, 0.1) is 6.04 Å². The second kappa shape index (κ2) is 4.44. The molecular weight excluding hydrogens is 178 g/mol. The van der Waals surface area contributed by atoms with Crippen LogP contribution in [0.4, 0.5) is 0 Å². The van der Waals surface area contributed by atoms with Crippen molar-refractivity contribution in [2.24, 2.45) is 0 Å². The Hall–Kier alpha value is -1.06. The molecule has 76 valence electrons. The molecule has 14 heavy (non-hydrogen) atoms. The Labute approximate surface area is 84.0 Å². The van der Waals surface area contributed by atoms with Crippen LogP contribution in [-0.2, 0) is 4.89 Å². The molecule has 1 aliphatic heterocycles. The Morgan fingerprint density at radius 1 is 1.43 bits per heavy atom. The lowest BCUT2D eigenvalue weighted by atomic mass is 10.1. The van der Waals surface area contributed by atoms with Crippen molar-refractivity contribution in [1.29, 1.82) is 0 Å². The van der Waals surface area contributed by atoms with Crippen LogP contribution in [0, 0.1) is 0 Å². The number of hydrogen-bond acceptors (Lipinski definition) is 3. The molecule has 0 saturated carbocycles. The molecule has 0 saturated heterocycles. The highest BCUT2D eigenvalue weighted by Gasteiger charge is 2.21. The van der Waals surface area contributed by atoms with Crippen LogP contribution in [0.15, 0.2) is 24.3 Å². The number of benzene rings is 1. The third kappa shape index (κ3) is 1.89. The van der Waals surface area contributed by atoms with Gasteiger partial charge in [0.1, 0.15) is 6.61 Å². The van der Waals surface area contributed by atoms with Crippen LogP contribution in [0.25, 0.3) is 0 Å². The molecule has 1 heterocycles. The summed E-state index contributed by atoms with van der Waals surface area (Å²) in [4.78, 5) is 10.1. The van der Waals surface area contributed by atoms with E-state index in [0.29, 0.717) is 6.61 Å². The normalized spacial score (nSPS) is 19.9. The van der Waals surface area contributed by atoms with Crippen molar-refractivity contribution >= 4 is 0 Å². The first kappa shape index (κ1) is 9.49. The van der Waals surface area contributed by atoms with Gasteiger partial charge in [0.25, 0.3) is 0 Å². The maximum absolute atomic E-state index is 5.09. The van der Waals surface area contributed by atoms with Crippen molar-refractivity contribution in [3.05, 3.63) is 29.8 Å². The fourth-order valence-electron chi connectivity index (χ4n) is 1.59. The van der Waals surface area contributed by atoms with E-state index in [1.807, 2.05) is 18.2 Å². The van der Waals surface area contributed by atoms with Crippen molar-refractivity contribution in [1.82, 2.24) is 5.32 Å². The summed E-state index contributed by atoms with van der Waals surface area (Å²) in [5.74, 6) is 0.826. The first-order valence-electron chi connectivity index (χ1n) is 5.03. The minimum atomic E-state index is 0.264. The van der Waals surface area contributed by atoms with E-state index in [1.54, 1.807) is 0 Å². The molecule has 1 aromatic carbocycles. The molecule has 0 aliphatic carbocycles. The molecule has 0 fully saturated rings. The van der Waals surface area contributed by atoms with Crippen molar-refractivity contribution < 1.29 is 9.78 Å². The summed E-state index contributed by atoms with van der Waals surface area (Å²) in [6.45, 7) is 3.73. The molecule has 0 bridgehead atoms. The molecule has 0 aromatic heterocycles. The highest BCUT2D eigenvalue weighted by molar-refractivity contribution is 5.36. The standard InChI is InChI=1S/C11H15NO2/c1-2-7-12-10-8-13-14-11-6-4-3-5-9(10)11/h3-6,10,12H,2,7-8H2,1H3. The van der Waals surface area contributed by atoms with E-state index >= 15 is 0 Å². The Kier molecular flexibility index (Phi) is 3.01. The zero-order valence-corrected chi connectivity index (χ0v) is 8.32. The van der Waals surface area contributed by atoms with E-state index in [4.69, 9.17) is 9.78 Å². The van der Waals surface area contributed by atoms with Crippen molar-refractivity contribution in [3.63, 3.8) is 0 Å². The predicted octanol–water partition coefficient (Wildman–Crippen LogP) is 2.05. The largest absolute Gasteiger partial charge is 0.337 e. The molecule has 1 N–H and O–H groups in total. The van der Waals surface area contributed by atoms with Gasteiger partial charge < -0.3 is 10.2 Å². The lowest BCUT2D eigenvalue weighted by molar-refractivity contribution is -0.223. The van der Waals surface area contributed by atoms with E-state index in [2.05, 4.69) is 18.3 Å². The minimum Gasteiger partial charge on any atom is -0.337 e. The highest BCUT2D eigenvalue weighted by Crippen LogP contribution is 2.29. The van der Waals surface area contributed by atoms with E-state index in [1.165, 1.54) is 5.56 Å². The Morgan fingerprint density at radius 3 is 3.14 bits per heavy atom. The molecule has 1 atom stereocenters. The molecular formula is C11H15NO2. The lowest BCUT2D eigenvalue weighted by Crippen LogP contribution is -2.30. The van der Waals surface area contributed by atoms with Gasteiger partial charge in [-0.25, -0.2) is 0 Å². The van der Waals surface area contributed by atoms with Crippen LogP contribution in [0.5, 0.6) is 5.75 Å². The summed E-state index contributed by atoms with van der Waals surface area (Å²) in [5, 5.41) is 3.42. The quantitative estimate of drug-likeness (QED) is 0.745. The van der Waals surface area contributed by atoms with Gasteiger partial charge in [0.2, 0.25) is 0 Å². The number of fused-ring (bicyclic) bond motifs is 1. The third-order valence-corrected chi connectivity index (χ3v) is 2.32. The van der Waals surface area contributed by atoms with Gasteiger partial charge in [-0.3, -0.25) is 0 Å². The summed E-state index contributed by atoms with van der Waals surface area (Å²) >= 11 is 0. The topological polar surface area (TPSA) is 30.5 Å². The molecule has 3 nitrogen and oxygen atoms in total. The van der Waals surface area contributed by atoms with Gasteiger partial charge in [0, 0.05) is 5.56 Å². The average molecular weight is 193 g/mol. The van der Waals surface area contributed by atoms with E-state index in [-0.39, 0.29) is 6.04 Å². The van der Waals surface area contributed by atoms with Gasteiger partial charge in [0.15, 0.2) is 5.75 Å². The first-order valence-corrected chi connectivity index (χ1v) is 5.03. The van der Waals surface area contributed by atoms with Crippen LogP contribution in [0.1, 0.15) is 24.9 Å². The molecule has 1 unspecified atom stereocenters. The summed E-state index contributed by atoms with van der Waals surface area (Å²) in [5.41, 5.74) is 1.19. The first-order chi connectivity index (χ1) is 6.92.